The first-order chi connectivity index (χ1) is 8.28. The summed E-state index contributed by atoms with van der Waals surface area (Å²) in [6.07, 6.45) is 5.26. The Hall–Kier alpha value is -1.16. The van der Waals surface area contributed by atoms with Gasteiger partial charge in [-0.2, -0.15) is 0 Å². The van der Waals surface area contributed by atoms with Gasteiger partial charge in [0, 0.05) is 18.2 Å². The third-order valence-corrected chi connectivity index (χ3v) is 3.23. The van der Waals surface area contributed by atoms with E-state index in [-0.39, 0.29) is 5.56 Å². The number of aromatic nitrogens is 2. The molecular weight excluding hydrogens is 214 g/mol. The SMILES string of the molecule is CCCc1cc(=O)[nH]c(CC2CCCNC2)n1. The monoisotopic (exact) mass is 235 g/mol. The van der Waals surface area contributed by atoms with Gasteiger partial charge in [0.15, 0.2) is 0 Å². The average molecular weight is 235 g/mol. The van der Waals surface area contributed by atoms with Gasteiger partial charge in [-0.05, 0) is 38.3 Å². The Balaban J connectivity index is 2.06. The maximum absolute atomic E-state index is 11.5. The van der Waals surface area contributed by atoms with E-state index in [9.17, 15) is 4.79 Å². The van der Waals surface area contributed by atoms with Crippen LogP contribution in [-0.4, -0.2) is 23.1 Å². The Kier molecular flexibility index (Phi) is 4.31. The van der Waals surface area contributed by atoms with E-state index in [1.165, 1.54) is 12.8 Å². The van der Waals surface area contributed by atoms with Gasteiger partial charge in [0.05, 0.1) is 0 Å². The van der Waals surface area contributed by atoms with Crippen LogP contribution in [0.3, 0.4) is 0 Å². The second kappa shape index (κ2) is 5.96. The van der Waals surface area contributed by atoms with E-state index < -0.39 is 0 Å². The summed E-state index contributed by atoms with van der Waals surface area (Å²) < 4.78 is 0. The first-order valence-corrected chi connectivity index (χ1v) is 6.57. The highest BCUT2D eigenvalue weighted by molar-refractivity contribution is 5.03. The van der Waals surface area contributed by atoms with Crippen LogP contribution in [0.1, 0.15) is 37.7 Å². The average Bonchev–Trinajstić information content (AvgIpc) is 2.30. The predicted octanol–water partition coefficient (Wildman–Crippen LogP) is 1.26. The molecule has 94 valence electrons. The molecule has 1 atom stereocenters. The van der Waals surface area contributed by atoms with Crippen LogP contribution < -0.4 is 10.9 Å². The van der Waals surface area contributed by atoms with Crippen LogP contribution in [0.15, 0.2) is 10.9 Å². The van der Waals surface area contributed by atoms with Gasteiger partial charge in [-0.3, -0.25) is 4.79 Å². The van der Waals surface area contributed by atoms with E-state index in [0.29, 0.717) is 5.92 Å². The van der Waals surface area contributed by atoms with Crippen molar-refractivity contribution in [3.8, 4) is 0 Å². The first kappa shape index (κ1) is 12.3. The molecule has 0 spiro atoms. The summed E-state index contributed by atoms with van der Waals surface area (Å²) in [4.78, 5) is 18.9. The third-order valence-electron chi connectivity index (χ3n) is 3.23. The summed E-state index contributed by atoms with van der Waals surface area (Å²) >= 11 is 0. The fourth-order valence-corrected chi connectivity index (χ4v) is 2.42. The number of aryl methyl sites for hydroxylation is 1. The highest BCUT2D eigenvalue weighted by atomic mass is 16.1. The largest absolute Gasteiger partial charge is 0.316 e. The molecule has 1 fully saturated rings. The summed E-state index contributed by atoms with van der Waals surface area (Å²) in [5.41, 5.74) is 0.914. The van der Waals surface area contributed by atoms with Crippen LogP contribution in [0.4, 0.5) is 0 Å². The molecule has 0 amide bonds. The fraction of sp³-hybridized carbons (Fsp3) is 0.692. The van der Waals surface area contributed by atoms with Gasteiger partial charge in [0.1, 0.15) is 5.82 Å². The van der Waals surface area contributed by atoms with Crippen LogP contribution in [0.2, 0.25) is 0 Å². The summed E-state index contributed by atoms with van der Waals surface area (Å²) in [6.45, 7) is 4.27. The Labute approximate surface area is 102 Å². The van der Waals surface area contributed by atoms with Gasteiger partial charge in [0.25, 0.3) is 5.56 Å². The Morgan fingerprint density at radius 1 is 1.53 bits per heavy atom. The summed E-state index contributed by atoms with van der Waals surface area (Å²) in [5.74, 6) is 1.47. The van der Waals surface area contributed by atoms with Gasteiger partial charge in [-0.25, -0.2) is 4.98 Å². The Bertz CT molecular complexity index is 407. The fourth-order valence-electron chi connectivity index (χ4n) is 2.42. The van der Waals surface area contributed by atoms with Gasteiger partial charge in [-0.15, -0.1) is 0 Å². The number of rotatable bonds is 4. The molecule has 0 bridgehead atoms. The van der Waals surface area contributed by atoms with E-state index in [2.05, 4.69) is 22.2 Å². The molecule has 1 saturated heterocycles. The quantitative estimate of drug-likeness (QED) is 0.826. The molecule has 2 heterocycles. The molecule has 0 aromatic carbocycles. The van der Waals surface area contributed by atoms with Crippen LogP contribution in [-0.2, 0) is 12.8 Å². The van der Waals surface area contributed by atoms with Crippen molar-refractivity contribution in [2.45, 2.75) is 39.0 Å². The van der Waals surface area contributed by atoms with Crippen molar-refractivity contribution in [1.29, 1.82) is 0 Å². The van der Waals surface area contributed by atoms with Crippen LogP contribution in [0.25, 0.3) is 0 Å². The van der Waals surface area contributed by atoms with Gasteiger partial charge >= 0.3 is 0 Å². The van der Waals surface area contributed by atoms with Crippen molar-refractivity contribution < 1.29 is 0 Å². The summed E-state index contributed by atoms with van der Waals surface area (Å²) in [6, 6.07) is 1.62. The molecule has 4 heteroatoms. The molecule has 17 heavy (non-hydrogen) atoms. The Morgan fingerprint density at radius 3 is 3.12 bits per heavy atom. The minimum Gasteiger partial charge on any atom is -0.316 e. The lowest BCUT2D eigenvalue weighted by molar-refractivity contribution is 0.370. The minimum absolute atomic E-state index is 0.0118. The molecule has 1 aliphatic heterocycles. The molecule has 1 unspecified atom stereocenters. The van der Waals surface area contributed by atoms with Crippen molar-refractivity contribution in [2.24, 2.45) is 5.92 Å². The Morgan fingerprint density at radius 2 is 2.41 bits per heavy atom. The molecule has 0 saturated carbocycles. The zero-order valence-electron chi connectivity index (χ0n) is 10.5. The number of hydrogen-bond donors (Lipinski definition) is 2. The summed E-state index contributed by atoms with van der Waals surface area (Å²) in [7, 11) is 0. The first-order valence-electron chi connectivity index (χ1n) is 6.57. The molecule has 0 radical (unpaired) electrons. The maximum atomic E-state index is 11.5. The zero-order chi connectivity index (χ0) is 12.1. The highest BCUT2D eigenvalue weighted by Crippen LogP contribution is 2.13. The molecule has 1 aromatic heterocycles. The topological polar surface area (TPSA) is 57.8 Å². The van der Waals surface area contributed by atoms with Crippen molar-refractivity contribution >= 4 is 0 Å². The number of nitrogens with one attached hydrogen (secondary N) is 2. The molecule has 1 aliphatic rings. The van der Waals surface area contributed by atoms with Gasteiger partial charge < -0.3 is 10.3 Å². The van der Waals surface area contributed by atoms with E-state index in [1.54, 1.807) is 6.07 Å². The molecule has 2 rings (SSSR count). The maximum Gasteiger partial charge on any atom is 0.251 e. The predicted molar refractivity (Wildman–Crippen MR) is 68.2 cm³/mol. The minimum atomic E-state index is -0.0118. The van der Waals surface area contributed by atoms with Gasteiger partial charge in [0.2, 0.25) is 0 Å². The number of aromatic amines is 1. The van der Waals surface area contributed by atoms with E-state index in [0.717, 1.165) is 43.9 Å². The number of H-pyrrole nitrogens is 1. The van der Waals surface area contributed by atoms with E-state index >= 15 is 0 Å². The van der Waals surface area contributed by atoms with Crippen molar-refractivity contribution in [3.05, 3.63) is 27.9 Å². The number of nitrogens with zero attached hydrogens (tertiary/aromatic N) is 1. The normalized spacial score (nSPS) is 20.4. The molecule has 2 N–H and O–H groups in total. The van der Waals surface area contributed by atoms with Crippen LogP contribution in [0, 0.1) is 5.92 Å². The van der Waals surface area contributed by atoms with Gasteiger partial charge in [-0.1, -0.05) is 13.3 Å². The molecule has 4 nitrogen and oxygen atoms in total. The lowest BCUT2D eigenvalue weighted by Crippen LogP contribution is -2.31. The third kappa shape index (κ3) is 3.66. The van der Waals surface area contributed by atoms with Crippen molar-refractivity contribution in [1.82, 2.24) is 15.3 Å². The van der Waals surface area contributed by atoms with E-state index in [4.69, 9.17) is 0 Å². The lowest BCUT2D eigenvalue weighted by Gasteiger charge is -2.22. The molecular formula is C13H21N3O. The second-order valence-corrected chi connectivity index (χ2v) is 4.85. The zero-order valence-corrected chi connectivity index (χ0v) is 10.5. The van der Waals surface area contributed by atoms with Crippen LogP contribution >= 0.6 is 0 Å². The molecule has 1 aromatic rings. The summed E-state index contributed by atoms with van der Waals surface area (Å²) in [5, 5.41) is 3.39. The standard InChI is InChI=1S/C13H21N3O/c1-2-4-11-8-13(17)16-12(15-11)7-10-5-3-6-14-9-10/h8,10,14H,2-7,9H2,1H3,(H,15,16,17). The number of piperidine rings is 1. The van der Waals surface area contributed by atoms with E-state index in [1.807, 2.05) is 0 Å². The molecule has 0 aliphatic carbocycles. The van der Waals surface area contributed by atoms with Crippen molar-refractivity contribution in [3.63, 3.8) is 0 Å². The lowest BCUT2D eigenvalue weighted by atomic mass is 9.96. The van der Waals surface area contributed by atoms with Crippen molar-refractivity contribution in [2.75, 3.05) is 13.1 Å². The highest BCUT2D eigenvalue weighted by Gasteiger charge is 2.14. The smallest absolute Gasteiger partial charge is 0.251 e. The number of hydrogen-bond acceptors (Lipinski definition) is 3. The second-order valence-electron chi connectivity index (χ2n) is 4.85. The van der Waals surface area contributed by atoms with Crippen LogP contribution in [0.5, 0.6) is 0 Å².